The number of thiophene rings is 1. The number of pyridine rings is 1. The van der Waals surface area contributed by atoms with E-state index >= 15 is 0 Å². The summed E-state index contributed by atoms with van der Waals surface area (Å²) in [6, 6.07) is 3.51. The smallest absolute Gasteiger partial charge is 0.399 e. The van der Waals surface area contributed by atoms with E-state index in [-0.39, 0.29) is 0 Å². The number of hydrogen-bond donors (Lipinski definition) is 1. The van der Waals surface area contributed by atoms with Gasteiger partial charge in [-0.3, -0.25) is 9.71 Å². The highest BCUT2D eigenvalue weighted by atomic mass is 32.2. The second-order valence-corrected chi connectivity index (χ2v) is 10.3. The summed E-state index contributed by atoms with van der Waals surface area (Å²) in [5.41, 5.74) is 1.45. The van der Waals surface area contributed by atoms with E-state index in [0.717, 1.165) is 5.56 Å². The summed E-state index contributed by atoms with van der Waals surface area (Å²) in [4.78, 5) is 4.32. The molecular formula is C17H23BN2O4S2. The lowest BCUT2D eigenvalue weighted by molar-refractivity contribution is 0.00578. The molecule has 3 heterocycles. The zero-order valence-corrected chi connectivity index (χ0v) is 17.4. The van der Waals surface area contributed by atoms with Crippen molar-refractivity contribution in [3.63, 3.8) is 0 Å². The molecule has 1 saturated heterocycles. The van der Waals surface area contributed by atoms with Gasteiger partial charge in [-0.1, -0.05) is 0 Å². The molecule has 0 amide bonds. The fraction of sp³-hybridized carbons (Fsp3) is 0.471. The zero-order valence-electron chi connectivity index (χ0n) is 15.8. The maximum absolute atomic E-state index is 12.7. The maximum Gasteiger partial charge on any atom is 0.496 e. The van der Waals surface area contributed by atoms with Gasteiger partial charge < -0.3 is 9.31 Å². The van der Waals surface area contributed by atoms with Crippen molar-refractivity contribution in [1.82, 2.24) is 4.98 Å². The van der Waals surface area contributed by atoms with Gasteiger partial charge >= 0.3 is 7.12 Å². The number of sulfonamides is 1. The van der Waals surface area contributed by atoms with E-state index in [4.69, 9.17) is 9.31 Å². The Bertz CT molecular complexity index is 922. The third kappa shape index (κ3) is 3.41. The highest BCUT2D eigenvalue weighted by molar-refractivity contribution is 7.94. The predicted octanol–water partition coefficient (Wildman–Crippen LogP) is 2.86. The van der Waals surface area contributed by atoms with Crippen molar-refractivity contribution in [2.45, 2.75) is 57.0 Å². The quantitative estimate of drug-likeness (QED) is 0.807. The van der Waals surface area contributed by atoms with Gasteiger partial charge in [0.1, 0.15) is 4.21 Å². The van der Waals surface area contributed by atoms with Gasteiger partial charge in [0.15, 0.2) is 0 Å². The fourth-order valence-corrected chi connectivity index (χ4v) is 5.11. The first-order chi connectivity index (χ1) is 11.9. The van der Waals surface area contributed by atoms with E-state index < -0.39 is 28.3 Å². The average molecular weight is 394 g/mol. The molecule has 0 aromatic carbocycles. The summed E-state index contributed by atoms with van der Waals surface area (Å²) < 4.78 is 40.4. The second kappa shape index (κ2) is 6.33. The molecule has 0 radical (unpaired) electrons. The Labute approximate surface area is 159 Å². The summed E-state index contributed by atoms with van der Waals surface area (Å²) >= 11 is 1.19. The standard InChI is InChI=1S/C17H23BN2O4S2/c1-11-7-8-25-15(11)26(21,22)20-14-9-13(10-19-12(14)2)18-23-16(3,4)17(5,6)24-18/h7-10,20H,1-6H3. The molecule has 2 aromatic rings. The van der Waals surface area contributed by atoms with Crippen molar-refractivity contribution < 1.29 is 17.7 Å². The normalized spacial score (nSPS) is 18.9. The van der Waals surface area contributed by atoms with Crippen LogP contribution in [0.1, 0.15) is 39.0 Å². The third-order valence-corrected chi connectivity index (χ3v) is 7.99. The first kappa shape index (κ1) is 19.3. The molecule has 0 spiro atoms. The summed E-state index contributed by atoms with van der Waals surface area (Å²) in [6.45, 7) is 11.4. The molecule has 1 aliphatic heterocycles. The topological polar surface area (TPSA) is 77.5 Å². The molecule has 3 rings (SSSR count). The summed E-state index contributed by atoms with van der Waals surface area (Å²) in [5, 5.41) is 1.76. The van der Waals surface area contributed by atoms with Crippen molar-refractivity contribution in [1.29, 1.82) is 0 Å². The van der Waals surface area contributed by atoms with Crippen molar-refractivity contribution >= 4 is 39.6 Å². The molecule has 9 heteroatoms. The summed E-state index contributed by atoms with van der Waals surface area (Å²) in [5.74, 6) is 0. The van der Waals surface area contributed by atoms with Crippen molar-refractivity contribution in [3.05, 3.63) is 35.0 Å². The molecule has 0 atom stereocenters. The first-order valence-electron chi connectivity index (χ1n) is 8.32. The minimum absolute atomic E-state index is 0.304. The second-order valence-electron chi connectivity index (χ2n) is 7.49. The molecule has 2 aromatic heterocycles. The SMILES string of the molecule is Cc1ccsc1S(=O)(=O)Nc1cc(B2OC(C)(C)C(C)(C)O2)cnc1C. The molecule has 1 N–H and O–H groups in total. The Morgan fingerprint density at radius 1 is 1.15 bits per heavy atom. The Balaban J connectivity index is 1.91. The van der Waals surface area contributed by atoms with Crippen molar-refractivity contribution in [2.24, 2.45) is 0 Å². The predicted molar refractivity (Wildman–Crippen MR) is 105 cm³/mol. The fourth-order valence-electron chi connectivity index (χ4n) is 2.59. The number of hydrogen-bond acceptors (Lipinski definition) is 6. The number of anilines is 1. The van der Waals surface area contributed by atoms with E-state index in [2.05, 4.69) is 9.71 Å². The van der Waals surface area contributed by atoms with Gasteiger partial charge in [-0.25, -0.2) is 8.42 Å². The van der Waals surface area contributed by atoms with E-state index in [9.17, 15) is 8.42 Å². The molecule has 26 heavy (non-hydrogen) atoms. The van der Waals surface area contributed by atoms with Gasteiger partial charge in [0, 0.05) is 11.7 Å². The molecule has 1 fully saturated rings. The van der Waals surface area contributed by atoms with E-state index in [1.54, 1.807) is 37.6 Å². The molecule has 6 nitrogen and oxygen atoms in total. The lowest BCUT2D eigenvalue weighted by atomic mass is 9.80. The van der Waals surface area contributed by atoms with Gasteiger partial charge in [0.05, 0.1) is 22.6 Å². The number of nitrogens with one attached hydrogen (secondary N) is 1. The number of aromatic nitrogens is 1. The Morgan fingerprint density at radius 3 is 2.31 bits per heavy atom. The Morgan fingerprint density at radius 2 is 1.77 bits per heavy atom. The Hall–Kier alpha value is -1.42. The van der Waals surface area contributed by atoms with E-state index in [1.807, 2.05) is 27.7 Å². The van der Waals surface area contributed by atoms with Gasteiger partial charge in [-0.15, -0.1) is 11.3 Å². The minimum atomic E-state index is -3.66. The van der Waals surface area contributed by atoms with Crippen LogP contribution in [0.3, 0.4) is 0 Å². The lowest BCUT2D eigenvalue weighted by Crippen LogP contribution is -2.41. The molecule has 0 saturated carbocycles. The zero-order chi connectivity index (χ0) is 19.3. The largest absolute Gasteiger partial charge is 0.496 e. The van der Waals surface area contributed by atoms with Gasteiger partial charge in [0.25, 0.3) is 10.0 Å². The molecule has 1 aliphatic rings. The van der Waals surface area contributed by atoms with Crippen LogP contribution in [-0.2, 0) is 19.3 Å². The average Bonchev–Trinajstić information content (AvgIpc) is 3.03. The van der Waals surface area contributed by atoms with Crippen LogP contribution in [0.25, 0.3) is 0 Å². The molecule has 0 unspecified atom stereocenters. The Kier molecular flexibility index (Phi) is 4.71. The van der Waals surface area contributed by atoms with E-state index in [1.165, 1.54) is 11.3 Å². The van der Waals surface area contributed by atoms with E-state index in [0.29, 0.717) is 21.1 Å². The third-order valence-electron chi connectivity index (χ3n) is 4.94. The van der Waals surface area contributed by atoms with Crippen molar-refractivity contribution in [3.8, 4) is 0 Å². The molecule has 0 bridgehead atoms. The first-order valence-corrected chi connectivity index (χ1v) is 10.7. The highest BCUT2D eigenvalue weighted by Gasteiger charge is 2.51. The van der Waals surface area contributed by atoms with Gasteiger partial charge in [0.2, 0.25) is 0 Å². The molecular weight excluding hydrogens is 371 g/mol. The van der Waals surface area contributed by atoms with Gasteiger partial charge in [-0.2, -0.15) is 0 Å². The van der Waals surface area contributed by atoms with Crippen LogP contribution < -0.4 is 10.2 Å². The molecule has 140 valence electrons. The summed E-state index contributed by atoms with van der Waals surface area (Å²) in [6.07, 6.45) is 1.66. The van der Waals surface area contributed by atoms with Crippen LogP contribution in [0.15, 0.2) is 27.9 Å². The number of nitrogens with zero attached hydrogens (tertiary/aromatic N) is 1. The minimum Gasteiger partial charge on any atom is -0.399 e. The van der Waals surface area contributed by atoms with Crippen molar-refractivity contribution in [2.75, 3.05) is 4.72 Å². The number of aryl methyl sites for hydroxylation is 2. The maximum atomic E-state index is 12.7. The van der Waals surface area contributed by atoms with Crippen LogP contribution in [-0.4, -0.2) is 31.7 Å². The summed E-state index contributed by atoms with van der Waals surface area (Å²) in [7, 11) is -4.26. The van der Waals surface area contributed by atoms with Crippen LogP contribution in [0.2, 0.25) is 0 Å². The van der Waals surface area contributed by atoms with Crippen LogP contribution in [0.5, 0.6) is 0 Å². The number of rotatable bonds is 4. The monoisotopic (exact) mass is 394 g/mol. The lowest BCUT2D eigenvalue weighted by Gasteiger charge is -2.32. The highest BCUT2D eigenvalue weighted by Crippen LogP contribution is 2.36. The van der Waals surface area contributed by atoms with Crippen LogP contribution in [0.4, 0.5) is 5.69 Å². The van der Waals surface area contributed by atoms with Crippen LogP contribution >= 0.6 is 11.3 Å². The van der Waals surface area contributed by atoms with Crippen LogP contribution in [0, 0.1) is 13.8 Å². The van der Waals surface area contributed by atoms with Gasteiger partial charge in [-0.05, 0) is 64.6 Å². The molecule has 0 aliphatic carbocycles.